The minimum atomic E-state index is 0.00866. The number of benzene rings is 1. The van der Waals surface area contributed by atoms with Crippen molar-refractivity contribution in [2.24, 2.45) is 0 Å². The van der Waals surface area contributed by atoms with Crippen molar-refractivity contribution >= 4 is 16.8 Å². The number of nitrogens with zero attached hydrogens (tertiary/aromatic N) is 2. The molecule has 0 bridgehead atoms. The Bertz CT molecular complexity index is 599. The van der Waals surface area contributed by atoms with Crippen LogP contribution >= 0.6 is 0 Å². The molecule has 2 aromatic rings. The maximum Gasteiger partial charge on any atom is 0.274 e. The molecular weight excluding hydrogens is 252 g/mol. The molecule has 1 aliphatic rings. The molecule has 0 aliphatic carbocycles. The van der Waals surface area contributed by atoms with E-state index in [1.54, 1.807) is 0 Å². The number of H-pyrrole nitrogens is 1. The predicted molar refractivity (Wildman–Crippen MR) is 78.7 cm³/mol. The number of aromatic nitrogens is 2. The SMILES string of the molecule is CN(C(=O)c1n[nH]c2ccccc12)C1CCCNCC1. The molecule has 1 unspecified atom stereocenters. The van der Waals surface area contributed by atoms with Crippen LogP contribution in [0.2, 0.25) is 0 Å². The number of para-hydroxylation sites is 1. The van der Waals surface area contributed by atoms with Gasteiger partial charge in [0.05, 0.1) is 5.52 Å². The van der Waals surface area contributed by atoms with Crippen LogP contribution in [0.15, 0.2) is 24.3 Å². The van der Waals surface area contributed by atoms with E-state index in [0.717, 1.165) is 43.3 Å². The van der Waals surface area contributed by atoms with Gasteiger partial charge in [-0.1, -0.05) is 18.2 Å². The van der Waals surface area contributed by atoms with E-state index in [9.17, 15) is 4.79 Å². The van der Waals surface area contributed by atoms with Gasteiger partial charge in [-0.05, 0) is 38.4 Å². The van der Waals surface area contributed by atoms with Crippen LogP contribution in [-0.4, -0.2) is 47.2 Å². The van der Waals surface area contributed by atoms with Gasteiger partial charge in [0.15, 0.2) is 5.69 Å². The molecule has 5 nitrogen and oxygen atoms in total. The van der Waals surface area contributed by atoms with Crippen LogP contribution in [0, 0.1) is 0 Å². The summed E-state index contributed by atoms with van der Waals surface area (Å²) in [6, 6.07) is 8.05. The fourth-order valence-corrected chi connectivity index (χ4v) is 2.85. The summed E-state index contributed by atoms with van der Waals surface area (Å²) in [5.74, 6) is 0.00866. The van der Waals surface area contributed by atoms with Crippen molar-refractivity contribution in [3.63, 3.8) is 0 Å². The molecule has 1 atom stereocenters. The van der Waals surface area contributed by atoms with Crippen LogP contribution < -0.4 is 5.32 Å². The lowest BCUT2D eigenvalue weighted by Gasteiger charge is -2.26. The van der Waals surface area contributed by atoms with Gasteiger partial charge in [0.2, 0.25) is 0 Å². The summed E-state index contributed by atoms with van der Waals surface area (Å²) in [6.45, 7) is 2.02. The van der Waals surface area contributed by atoms with Gasteiger partial charge < -0.3 is 10.2 Å². The fraction of sp³-hybridized carbons (Fsp3) is 0.467. The quantitative estimate of drug-likeness (QED) is 0.876. The molecule has 1 aromatic carbocycles. The average molecular weight is 272 g/mol. The zero-order valence-electron chi connectivity index (χ0n) is 11.7. The van der Waals surface area contributed by atoms with Gasteiger partial charge in [0.25, 0.3) is 5.91 Å². The highest BCUT2D eigenvalue weighted by atomic mass is 16.2. The third kappa shape index (κ3) is 2.41. The van der Waals surface area contributed by atoms with E-state index >= 15 is 0 Å². The highest BCUT2D eigenvalue weighted by molar-refractivity contribution is 6.04. The third-order valence-electron chi connectivity index (χ3n) is 4.09. The Balaban J connectivity index is 1.84. The van der Waals surface area contributed by atoms with Crippen molar-refractivity contribution in [2.75, 3.05) is 20.1 Å². The molecule has 3 rings (SSSR count). The van der Waals surface area contributed by atoms with Crippen molar-refractivity contribution in [1.82, 2.24) is 20.4 Å². The zero-order valence-corrected chi connectivity index (χ0v) is 11.7. The third-order valence-corrected chi connectivity index (χ3v) is 4.09. The summed E-state index contributed by atoms with van der Waals surface area (Å²) in [4.78, 5) is 14.5. The maximum absolute atomic E-state index is 12.7. The normalized spacial score (nSPS) is 19.8. The van der Waals surface area contributed by atoms with Gasteiger partial charge in [-0.15, -0.1) is 0 Å². The lowest BCUT2D eigenvalue weighted by atomic mass is 10.1. The van der Waals surface area contributed by atoms with Crippen molar-refractivity contribution in [3.05, 3.63) is 30.0 Å². The molecule has 1 fully saturated rings. The molecule has 1 amide bonds. The van der Waals surface area contributed by atoms with Crippen LogP contribution in [0.4, 0.5) is 0 Å². The molecule has 1 aromatic heterocycles. The highest BCUT2D eigenvalue weighted by Gasteiger charge is 2.24. The number of hydrogen-bond acceptors (Lipinski definition) is 3. The summed E-state index contributed by atoms with van der Waals surface area (Å²) >= 11 is 0. The monoisotopic (exact) mass is 272 g/mol. The van der Waals surface area contributed by atoms with Crippen LogP contribution in [0.25, 0.3) is 10.9 Å². The smallest absolute Gasteiger partial charge is 0.274 e. The molecule has 0 saturated carbocycles. The van der Waals surface area contributed by atoms with Gasteiger partial charge in [0, 0.05) is 18.5 Å². The second-order valence-corrected chi connectivity index (χ2v) is 5.37. The molecule has 20 heavy (non-hydrogen) atoms. The van der Waals surface area contributed by atoms with E-state index in [1.165, 1.54) is 0 Å². The standard InChI is InChI=1S/C15H20N4O/c1-19(11-5-4-9-16-10-8-11)15(20)14-12-6-2-3-7-13(12)17-18-14/h2-3,6-7,11,16H,4-5,8-10H2,1H3,(H,17,18). The Morgan fingerprint density at radius 3 is 3.05 bits per heavy atom. The summed E-state index contributed by atoms with van der Waals surface area (Å²) in [5, 5.41) is 11.4. The maximum atomic E-state index is 12.7. The van der Waals surface area contributed by atoms with Crippen molar-refractivity contribution < 1.29 is 4.79 Å². The second kappa shape index (κ2) is 5.63. The Labute approximate surface area is 118 Å². The molecule has 1 aliphatic heterocycles. The first kappa shape index (κ1) is 13.1. The number of carbonyl (C=O) groups is 1. The molecule has 0 spiro atoms. The molecule has 0 radical (unpaired) electrons. The number of fused-ring (bicyclic) bond motifs is 1. The summed E-state index contributed by atoms with van der Waals surface area (Å²) in [7, 11) is 1.89. The average Bonchev–Trinajstić information content (AvgIpc) is 2.72. The predicted octanol–water partition coefficient (Wildman–Crippen LogP) is 1.78. The van der Waals surface area contributed by atoms with Crippen molar-refractivity contribution in [2.45, 2.75) is 25.3 Å². The highest BCUT2D eigenvalue weighted by Crippen LogP contribution is 2.19. The van der Waals surface area contributed by atoms with E-state index < -0.39 is 0 Å². The van der Waals surface area contributed by atoms with Gasteiger partial charge in [0.1, 0.15) is 0 Å². The first-order chi connectivity index (χ1) is 9.77. The number of carbonyl (C=O) groups excluding carboxylic acids is 1. The Kier molecular flexibility index (Phi) is 3.69. The van der Waals surface area contributed by atoms with E-state index in [-0.39, 0.29) is 5.91 Å². The Morgan fingerprint density at radius 1 is 1.30 bits per heavy atom. The minimum Gasteiger partial charge on any atom is -0.337 e. The number of nitrogens with one attached hydrogen (secondary N) is 2. The summed E-state index contributed by atoms with van der Waals surface area (Å²) in [6.07, 6.45) is 3.17. The molecule has 2 N–H and O–H groups in total. The minimum absolute atomic E-state index is 0.00866. The van der Waals surface area contributed by atoms with E-state index in [0.29, 0.717) is 11.7 Å². The van der Waals surface area contributed by atoms with Gasteiger partial charge in [-0.2, -0.15) is 5.10 Å². The first-order valence-corrected chi connectivity index (χ1v) is 7.18. The first-order valence-electron chi connectivity index (χ1n) is 7.18. The summed E-state index contributed by atoms with van der Waals surface area (Å²) in [5.41, 5.74) is 1.44. The largest absolute Gasteiger partial charge is 0.337 e. The molecule has 2 heterocycles. The van der Waals surface area contributed by atoms with Crippen molar-refractivity contribution in [1.29, 1.82) is 0 Å². The lowest BCUT2D eigenvalue weighted by molar-refractivity contribution is 0.0716. The number of amides is 1. The number of aromatic amines is 1. The van der Waals surface area contributed by atoms with Crippen LogP contribution in [-0.2, 0) is 0 Å². The van der Waals surface area contributed by atoms with Gasteiger partial charge in [-0.25, -0.2) is 0 Å². The van der Waals surface area contributed by atoms with Gasteiger partial charge in [-0.3, -0.25) is 9.89 Å². The zero-order chi connectivity index (χ0) is 13.9. The number of hydrogen-bond donors (Lipinski definition) is 2. The topological polar surface area (TPSA) is 61.0 Å². The fourth-order valence-electron chi connectivity index (χ4n) is 2.85. The van der Waals surface area contributed by atoms with Crippen LogP contribution in [0.5, 0.6) is 0 Å². The van der Waals surface area contributed by atoms with Crippen molar-refractivity contribution in [3.8, 4) is 0 Å². The summed E-state index contributed by atoms with van der Waals surface area (Å²) < 4.78 is 0. The Hall–Kier alpha value is -1.88. The van der Waals surface area contributed by atoms with E-state index in [2.05, 4.69) is 15.5 Å². The van der Waals surface area contributed by atoms with E-state index in [1.807, 2.05) is 36.2 Å². The van der Waals surface area contributed by atoms with Crippen LogP contribution in [0.1, 0.15) is 29.8 Å². The van der Waals surface area contributed by atoms with E-state index in [4.69, 9.17) is 0 Å². The van der Waals surface area contributed by atoms with Gasteiger partial charge >= 0.3 is 0 Å². The van der Waals surface area contributed by atoms with Crippen LogP contribution in [0.3, 0.4) is 0 Å². The molecule has 1 saturated heterocycles. The number of rotatable bonds is 2. The Morgan fingerprint density at radius 2 is 2.15 bits per heavy atom. The molecule has 106 valence electrons. The second-order valence-electron chi connectivity index (χ2n) is 5.37. The molecule has 5 heteroatoms. The lowest BCUT2D eigenvalue weighted by Crippen LogP contribution is -2.37. The molecular formula is C15H20N4O.